The zero-order chi connectivity index (χ0) is 14.3. The number of nitrogens with zero attached hydrogens (tertiary/aromatic N) is 2. The van der Waals surface area contributed by atoms with Crippen LogP contribution in [0.3, 0.4) is 0 Å². The maximum Gasteiger partial charge on any atom is 0.244 e. The van der Waals surface area contributed by atoms with E-state index in [0.29, 0.717) is 0 Å². The Labute approximate surface area is 116 Å². The van der Waals surface area contributed by atoms with Gasteiger partial charge in [-0.2, -0.15) is 4.31 Å². The summed E-state index contributed by atoms with van der Waals surface area (Å²) in [6.07, 6.45) is 1.11. The van der Waals surface area contributed by atoms with E-state index in [0.717, 1.165) is 10.5 Å². The highest BCUT2D eigenvalue weighted by atomic mass is 35.5. The van der Waals surface area contributed by atoms with Gasteiger partial charge in [0, 0.05) is 19.3 Å². The highest BCUT2D eigenvalue weighted by Crippen LogP contribution is 2.23. The lowest BCUT2D eigenvalue weighted by Gasteiger charge is -2.25. The van der Waals surface area contributed by atoms with Crippen molar-refractivity contribution in [3.8, 4) is 0 Å². The second-order valence-electron chi connectivity index (χ2n) is 4.09. The van der Waals surface area contributed by atoms with E-state index in [9.17, 15) is 16.8 Å². The second-order valence-corrected chi connectivity index (χ2v) is 8.74. The topological polar surface area (TPSA) is 110 Å². The van der Waals surface area contributed by atoms with Gasteiger partial charge in [-0.1, -0.05) is 11.6 Å². The number of sulfone groups is 1. The molecule has 106 valence electrons. The van der Waals surface area contributed by atoms with Gasteiger partial charge in [-0.05, 0) is 6.07 Å². The highest BCUT2D eigenvalue weighted by molar-refractivity contribution is 7.92. The molecule has 2 rings (SSSR count). The first-order valence-electron chi connectivity index (χ1n) is 5.34. The minimum atomic E-state index is -3.79. The van der Waals surface area contributed by atoms with E-state index in [1.165, 1.54) is 6.07 Å². The Hall–Kier alpha value is -0.900. The Morgan fingerprint density at radius 3 is 2.42 bits per heavy atom. The van der Waals surface area contributed by atoms with Crippen molar-refractivity contribution < 1.29 is 16.8 Å². The van der Waals surface area contributed by atoms with Crippen LogP contribution in [0.1, 0.15) is 0 Å². The zero-order valence-electron chi connectivity index (χ0n) is 9.78. The summed E-state index contributed by atoms with van der Waals surface area (Å²) in [7, 11) is -6.93. The molecule has 2 heterocycles. The third kappa shape index (κ3) is 2.99. The SMILES string of the molecule is Nc1ncc(S(=O)(=O)N2CCS(=O)(=O)CC2)cc1Cl. The number of hydrogen-bond donors (Lipinski definition) is 1. The van der Waals surface area contributed by atoms with Crippen LogP contribution in [0, 0.1) is 0 Å². The van der Waals surface area contributed by atoms with E-state index in [4.69, 9.17) is 17.3 Å². The molecule has 1 aliphatic heterocycles. The van der Waals surface area contributed by atoms with E-state index in [1.54, 1.807) is 0 Å². The largest absolute Gasteiger partial charge is 0.382 e. The van der Waals surface area contributed by atoms with Crippen molar-refractivity contribution in [1.29, 1.82) is 0 Å². The second kappa shape index (κ2) is 4.89. The summed E-state index contributed by atoms with van der Waals surface area (Å²) in [4.78, 5) is 3.60. The van der Waals surface area contributed by atoms with Crippen LogP contribution >= 0.6 is 11.6 Å². The molecule has 1 fully saturated rings. The van der Waals surface area contributed by atoms with Crippen LogP contribution in [0.2, 0.25) is 5.02 Å². The molecule has 0 aromatic carbocycles. The van der Waals surface area contributed by atoms with Crippen LogP contribution in [-0.4, -0.2) is 50.7 Å². The molecule has 7 nitrogen and oxygen atoms in total. The van der Waals surface area contributed by atoms with Crippen LogP contribution < -0.4 is 5.73 Å². The molecule has 0 saturated carbocycles. The van der Waals surface area contributed by atoms with Crippen molar-refractivity contribution in [3.63, 3.8) is 0 Å². The van der Waals surface area contributed by atoms with Crippen LogP contribution in [-0.2, 0) is 19.9 Å². The van der Waals surface area contributed by atoms with E-state index in [1.807, 2.05) is 0 Å². The highest BCUT2D eigenvalue weighted by Gasteiger charge is 2.31. The van der Waals surface area contributed by atoms with Crippen LogP contribution in [0.15, 0.2) is 17.2 Å². The number of nitrogen functional groups attached to an aromatic ring is 1. The predicted octanol–water partition coefficient (Wildman–Crippen LogP) is -0.264. The zero-order valence-corrected chi connectivity index (χ0v) is 12.2. The molecule has 0 amide bonds. The Morgan fingerprint density at radius 1 is 1.32 bits per heavy atom. The van der Waals surface area contributed by atoms with Gasteiger partial charge in [0.15, 0.2) is 9.84 Å². The van der Waals surface area contributed by atoms with Gasteiger partial charge in [0.1, 0.15) is 10.7 Å². The molecule has 19 heavy (non-hydrogen) atoms. The Kier molecular flexibility index (Phi) is 3.74. The molecule has 0 unspecified atom stereocenters. The van der Waals surface area contributed by atoms with Crippen molar-refractivity contribution >= 4 is 37.3 Å². The minimum absolute atomic E-state index is 0.0434. The molecule has 0 radical (unpaired) electrons. The summed E-state index contributed by atoms with van der Waals surface area (Å²) in [6, 6.07) is 1.21. The molecule has 1 aromatic heterocycles. The van der Waals surface area contributed by atoms with Gasteiger partial charge < -0.3 is 5.73 Å². The van der Waals surface area contributed by atoms with Gasteiger partial charge in [0.2, 0.25) is 10.0 Å². The Morgan fingerprint density at radius 2 is 1.89 bits per heavy atom. The van der Waals surface area contributed by atoms with Crippen molar-refractivity contribution in [2.75, 3.05) is 30.3 Å². The first-order valence-corrected chi connectivity index (χ1v) is 8.98. The maximum absolute atomic E-state index is 12.3. The van der Waals surface area contributed by atoms with Crippen molar-refractivity contribution in [2.24, 2.45) is 0 Å². The molecule has 0 bridgehead atoms. The minimum Gasteiger partial charge on any atom is -0.382 e. The summed E-state index contributed by atoms with van der Waals surface area (Å²) >= 11 is 5.74. The fraction of sp³-hybridized carbons (Fsp3) is 0.444. The number of rotatable bonds is 2. The first kappa shape index (κ1) is 14.5. The van der Waals surface area contributed by atoms with Crippen molar-refractivity contribution in [3.05, 3.63) is 17.3 Å². The lowest BCUT2D eigenvalue weighted by molar-refractivity contribution is 0.430. The van der Waals surface area contributed by atoms with Gasteiger partial charge in [-0.3, -0.25) is 0 Å². The molecule has 1 aromatic rings. The van der Waals surface area contributed by atoms with Crippen molar-refractivity contribution in [1.82, 2.24) is 9.29 Å². The monoisotopic (exact) mass is 325 g/mol. The molecule has 10 heteroatoms. The van der Waals surface area contributed by atoms with Gasteiger partial charge in [-0.15, -0.1) is 0 Å². The number of pyridine rings is 1. The third-order valence-corrected chi connectivity index (χ3v) is 6.56. The summed E-state index contributed by atoms with van der Waals surface area (Å²) in [5.41, 5.74) is 5.42. The van der Waals surface area contributed by atoms with E-state index in [-0.39, 0.29) is 40.3 Å². The summed E-state index contributed by atoms with van der Waals surface area (Å²) in [5, 5.41) is 0.0469. The van der Waals surface area contributed by atoms with Crippen LogP contribution in [0.5, 0.6) is 0 Å². The molecule has 0 atom stereocenters. The lowest BCUT2D eigenvalue weighted by atomic mass is 10.5. The quantitative estimate of drug-likeness (QED) is 0.801. The van der Waals surface area contributed by atoms with Gasteiger partial charge in [0.05, 0.1) is 16.5 Å². The average molecular weight is 326 g/mol. The summed E-state index contributed by atoms with van der Waals surface area (Å²) in [5.74, 6) is -0.313. The number of aromatic nitrogens is 1. The molecule has 0 spiro atoms. The molecule has 2 N–H and O–H groups in total. The van der Waals surface area contributed by atoms with Crippen LogP contribution in [0.4, 0.5) is 5.82 Å². The lowest BCUT2D eigenvalue weighted by Crippen LogP contribution is -2.43. The van der Waals surface area contributed by atoms with Gasteiger partial charge in [0.25, 0.3) is 0 Å². The van der Waals surface area contributed by atoms with Gasteiger partial charge >= 0.3 is 0 Å². The summed E-state index contributed by atoms with van der Waals surface area (Å²) in [6.45, 7) is -0.126. The summed E-state index contributed by atoms with van der Waals surface area (Å²) < 4.78 is 48.2. The molecular formula is C9H12ClN3O4S2. The smallest absolute Gasteiger partial charge is 0.244 e. The number of sulfonamides is 1. The number of nitrogens with two attached hydrogens (primary N) is 1. The number of anilines is 1. The standard InChI is InChI=1S/C9H12ClN3O4S2/c10-8-5-7(6-12-9(8)11)19(16,17)13-1-3-18(14,15)4-2-13/h5-6H,1-4H2,(H2,11,12). The normalized spacial score (nSPS) is 20.3. The third-order valence-electron chi connectivity index (χ3n) is 2.79. The number of hydrogen-bond acceptors (Lipinski definition) is 6. The van der Waals surface area contributed by atoms with Crippen LogP contribution in [0.25, 0.3) is 0 Å². The molecule has 0 aliphatic carbocycles. The van der Waals surface area contributed by atoms with E-state index in [2.05, 4.69) is 4.98 Å². The fourth-order valence-electron chi connectivity index (χ4n) is 1.66. The fourth-order valence-corrected chi connectivity index (χ4v) is 4.73. The van der Waals surface area contributed by atoms with E-state index >= 15 is 0 Å². The Balaban J connectivity index is 2.30. The van der Waals surface area contributed by atoms with Crippen molar-refractivity contribution in [2.45, 2.75) is 4.90 Å². The molecular weight excluding hydrogens is 314 g/mol. The average Bonchev–Trinajstić information content (AvgIpc) is 2.32. The Bertz CT molecular complexity index is 688. The maximum atomic E-state index is 12.3. The molecule has 1 saturated heterocycles. The first-order chi connectivity index (χ1) is 8.72. The van der Waals surface area contributed by atoms with E-state index < -0.39 is 19.9 Å². The molecule has 1 aliphatic rings. The number of halogens is 1. The predicted molar refractivity (Wildman–Crippen MR) is 71.1 cm³/mol. The van der Waals surface area contributed by atoms with Gasteiger partial charge in [-0.25, -0.2) is 21.8 Å².